The molecule has 0 radical (unpaired) electrons. The number of halogens is 1. The van der Waals surface area contributed by atoms with Crippen molar-refractivity contribution >= 4 is 34.5 Å². The molecule has 1 N–H and O–H groups in total. The van der Waals surface area contributed by atoms with Gasteiger partial charge in [0.15, 0.2) is 28.9 Å². The molecule has 2 aromatic heterocycles. The molecule has 2 aliphatic rings. The molecule has 0 aromatic carbocycles. The first-order chi connectivity index (χ1) is 12.8. The minimum Gasteiger partial charge on any atom is -0.347 e. The molecule has 27 heavy (non-hydrogen) atoms. The van der Waals surface area contributed by atoms with E-state index >= 15 is 0 Å². The van der Waals surface area contributed by atoms with Crippen LogP contribution in [-0.4, -0.2) is 61.9 Å². The predicted molar refractivity (Wildman–Crippen MR) is 91.8 cm³/mol. The SMILES string of the molecule is CC(=O)CNC(=O)[C@H]1O[C@@H](n2cnc3c(Cl)ncnc32)[C@@H]2OC(C)(C)O[C@H]21. The number of fused-ring (bicyclic) bond motifs is 2. The highest BCUT2D eigenvalue weighted by Gasteiger charge is 2.58. The molecule has 2 aromatic rings. The van der Waals surface area contributed by atoms with E-state index in [0.717, 1.165) is 0 Å². The number of hydrogen-bond donors (Lipinski definition) is 1. The van der Waals surface area contributed by atoms with E-state index in [9.17, 15) is 9.59 Å². The maximum absolute atomic E-state index is 12.5. The van der Waals surface area contributed by atoms with Crippen LogP contribution in [0.3, 0.4) is 0 Å². The summed E-state index contributed by atoms with van der Waals surface area (Å²) in [6.07, 6.45) is -0.0395. The molecule has 4 rings (SSSR count). The van der Waals surface area contributed by atoms with Crippen LogP contribution in [0.25, 0.3) is 11.2 Å². The molecule has 10 nitrogen and oxygen atoms in total. The number of Topliss-reactive ketones (excluding diaryl/α,β-unsaturated/α-hetero) is 1. The zero-order chi connectivity index (χ0) is 19.3. The van der Waals surface area contributed by atoms with Crippen LogP contribution in [0.5, 0.6) is 0 Å². The Hall–Kier alpha value is -2.14. The lowest BCUT2D eigenvalue weighted by molar-refractivity contribution is -0.197. The summed E-state index contributed by atoms with van der Waals surface area (Å²) in [5, 5.41) is 2.77. The summed E-state index contributed by atoms with van der Waals surface area (Å²) < 4.78 is 19.5. The second-order valence-electron chi connectivity index (χ2n) is 6.92. The number of amides is 1. The van der Waals surface area contributed by atoms with Gasteiger partial charge in [0.05, 0.1) is 12.9 Å². The van der Waals surface area contributed by atoms with Crippen LogP contribution in [0, 0.1) is 0 Å². The standard InChI is InChI=1S/C16H18ClN5O5/c1-7(23)4-18-14(24)10-9-11(27-16(2,3)26-9)15(25-10)22-6-21-8-12(17)19-5-20-13(8)22/h5-6,9-11,15H,4H2,1-3H3,(H,18,24)/t9-,10-,11+,15+/m0/s1. The third kappa shape index (κ3) is 3.18. The van der Waals surface area contributed by atoms with Gasteiger partial charge < -0.3 is 19.5 Å². The molecule has 2 saturated heterocycles. The van der Waals surface area contributed by atoms with Gasteiger partial charge in [-0.3, -0.25) is 14.2 Å². The first-order valence-corrected chi connectivity index (χ1v) is 8.76. The molecular weight excluding hydrogens is 378 g/mol. The van der Waals surface area contributed by atoms with Crippen molar-refractivity contribution in [2.24, 2.45) is 0 Å². The highest BCUT2D eigenvalue weighted by Crippen LogP contribution is 2.43. The predicted octanol–water partition coefficient (Wildman–Crippen LogP) is 0.602. The number of hydrogen-bond acceptors (Lipinski definition) is 8. The molecule has 0 spiro atoms. The molecule has 0 unspecified atom stereocenters. The molecule has 4 atom stereocenters. The Morgan fingerprint density at radius 2 is 2.00 bits per heavy atom. The summed E-state index contributed by atoms with van der Waals surface area (Å²) in [6, 6.07) is 0. The van der Waals surface area contributed by atoms with Crippen molar-refractivity contribution in [3.05, 3.63) is 17.8 Å². The third-order valence-corrected chi connectivity index (χ3v) is 4.66. The molecular formula is C16H18ClN5O5. The number of ketones is 1. The Morgan fingerprint density at radius 3 is 2.74 bits per heavy atom. The van der Waals surface area contributed by atoms with Crippen LogP contribution in [0.4, 0.5) is 0 Å². The minimum absolute atomic E-state index is 0.0815. The average Bonchev–Trinajstić information content (AvgIpc) is 3.24. The van der Waals surface area contributed by atoms with Gasteiger partial charge in [0, 0.05) is 0 Å². The van der Waals surface area contributed by atoms with Crippen LogP contribution >= 0.6 is 11.6 Å². The molecule has 0 saturated carbocycles. The van der Waals surface area contributed by atoms with Crippen molar-refractivity contribution in [1.82, 2.24) is 24.8 Å². The van der Waals surface area contributed by atoms with Crippen LogP contribution in [0.1, 0.15) is 27.0 Å². The van der Waals surface area contributed by atoms with Gasteiger partial charge in [0.25, 0.3) is 5.91 Å². The van der Waals surface area contributed by atoms with Crippen molar-refractivity contribution < 1.29 is 23.8 Å². The summed E-state index contributed by atoms with van der Waals surface area (Å²) in [5.41, 5.74) is 0.874. The van der Waals surface area contributed by atoms with Crippen molar-refractivity contribution in [3.63, 3.8) is 0 Å². The van der Waals surface area contributed by atoms with E-state index in [1.807, 2.05) is 0 Å². The Labute approximate surface area is 159 Å². The largest absolute Gasteiger partial charge is 0.347 e. The van der Waals surface area contributed by atoms with Crippen molar-refractivity contribution in [2.45, 2.75) is 51.1 Å². The maximum atomic E-state index is 12.5. The Bertz CT molecular complexity index is 916. The molecule has 2 fully saturated rings. The molecule has 11 heteroatoms. The second kappa shape index (κ2) is 6.48. The summed E-state index contributed by atoms with van der Waals surface area (Å²) in [6.45, 7) is 4.83. The van der Waals surface area contributed by atoms with Crippen LogP contribution in [0.2, 0.25) is 5.15 Å². The summed E-state index contributed by atoms with van der Waals surface area (Å²) >= 11 is 6.06. The minimum atomic E-state index is -0.948. The van der Waals surface area contributed by atoms with Crippen molar-refractivity contribution in [1.29, 1.82) is 0 Å². The number of carbonyl (C=O) groups excluding carboxylic acids is 2. The van der Waals surface area contributed by atoms with Gasteiger partial charge in [0.2, 0.25) is 0 Å². The third-order valence-electron chi connectivity index (χ3n) is 4.39. The number of rotatable bonds is 4. The number of aromatic nitrogens is 4. The van der Waals surface area contributed by atoms with Crippen LogP contribution in [0.15, 0.2) is 12.7 Å². The Kier molecular flexibility index (Phi) is 4.38. The van der Waals surface area contributed by atoms with E-state index in [2.05, 4.69) is 20.3 Å². The van der Waals surface area contributed by atoms with Gasteiger partial charge in [-0.2, -0.15) is 0 Å². The number of ether oxygens (including phenoxy) is 3. The first-order valence-electron chi connectivity index (χ1n) is 8.38. The Morgan fingerprint density at radius 1 is 1.26 bits per heavy atom. The van der Waals surface area contributed by atoms with Gasteiger partial charge in [0.1, 0.15) is 29.8 Å². The van der Waals surface area contributed by atoms with E-state index in [4.69, 9.17) is 25.8 Å². The van der Waals surface area contributed by atoms with Gasteiger partial charge >= 0.3 is 0 Å². The van der Waals surface area contributed by atoms with E-state index in [1.54, 1.807) is 18.4 Å². The lowest BCUT2D eigenvalue weighted by Crippen LogP contribution is -2.44. The highest BCUT2D eigenvalue weighted by atomic mass is 35.5. The number of nitrogens with one attached hydrogen (secondary N) is 1. The fourth-order valence-corrected chi connectivity index (χ4v) is 3.51. The lowest BCUT2D eigenvalue weighted by atomic mass is 10.1. The first kappa shape index (κ1) is 18.2. The van der Waals surface area contributed by atoms with Gasteiger partial charge in [-0.05, 0) is 20.8 Å². The van der Waals surface area contributed by atoms with E-state index < -0.39 is 36.2 Å². The monoisotopic (exact) mass is 395 g/mol. The zero-order valence-corrected chi connectivity index (χ0v) is 15.6. The number of carbonyl (C=O) groups is 2. The van der Waals surface area contributed by atoms with Crippen molar-refractivity contribution in [2.75, 3.05) is 6.54 Å². The zero-order valence-electron chi connectivity index (χ0n) is 14.9. The summed E-state index contributed by atoms with van der Waals surface area (Å²) in [5.74, 6) is -1.49. The van der Waals surface area contributed by atoms with Gasteiger partial charge in [-0.1, -0.05) is 11.6 Å². The lowest BCUT2D eigenvalue weighted by Gasteiger charge is -2.24. The van der Waals surface area contributed by atoms with Crippen LogP contribution in [-0.2, 0) is 23.8 Å². The average molecular weight is 396 g/mol. The normalized spacial score (nSPS) is 29.0. The van der Waals surface area contributed by atoms with Crippen molar-refractivity contribution in [3.8, 4) is 0 Å². The quantitative estimate of drug-likeness (QED) is 0.748. The van der Waals surface area contributed by atoms with E-state index in [1.165, 1.54) is 19.6 Å². The highest BCUT2D eigenvalue weighted by molar-refractivity contribution is 6.33. The fourth-order valence-electron chi connectivity index (χ4n) is 3.33. The molecule has 0 aliphatic carbocycles. The molecule has 144 valence electrons. The maximum Gasteiger partial charge on any atom is 0.252 e. The molecule has 1 amide bonds. The van der Waals surface area contributed by atoms with Gasteiger partial charge in [-0.15, -0.1) is 0 Å². The molecule has 4 heterocycles. The van der Waals surface area contributed by atoms with Gasteiger partial charge in [-0.25, -0.2) is 15.0 Å². The van der Waals surface area contributed by atoms with Crippen LogP contribution < -0.4 is 5.32 Å². The number of nitrogens with zero attached hydrogens (tertiary/aromatic N) is 4. The van der Waals surface area contributed by atoms with E-state index in [-0.39, 0.29) is 17.5 Å². The van der Waals surface area contributed by atoms with E-state index in [0.29, 0.717) is 11.2 Å². The Balaban J connectivity index is 1.67. The molecule has 0 bridgehead atoms. The topological polar surface area (TPSA) is 117 Å². The summed E-state index contributed by atoms with van der Waals surface area (Å²) in [4.78, 5) is 36.1. The second-order valence-corrected chi connectivity index (χ2v) is 7.28. The molecule has 2 aliphatic heterocycles. The summed E-state index contributed by atoms with van der Waals surface area (Å²) in [7, 11) is 0. The fraction of sp³-hybridized carbons (Fsp3) is 0.562. The smallest absolute Gasteiger partial charge is 0.252 e. The number of imidazole rings is 1.